The summed E-state index contributed by atoms with van der Waals surface area (Å²) >= 11 is 0. The molecule has 0 bridgehead atoms. The molecule has 0 spiro atoms. The summed E-state index contributed by atoms with van der Waals surface area (Å²) in [6.45, 7) is 8.59. The maximum atomic E-state index is 11.5. The van der Waals surface area contributed by atoms with Gasteiger partial charge >= 0.3 is 0 Å². The van der Waals surface area contributed by atoms with Crippen LogP contribution in [0.25, 0.3) is 11.1 Å². The summed E-state index contributed by atoms with van der Waals surface area (Å²) < 4.78 is 12.0. The Morgan fingerprint density at radius 3 is 2.85 bits per heavy atom. The number of amides is 1. The topological polar surface area (TPSA) is 60.5 Å². The van der Waals surface area contributed by atoms with Crippen molar-refractivity contribution in [3.8, 4) is 22.6 Å². The van der Waals surface area contributed by atoms with Gasteiger partial charge in [-0.2, -0.15) is 0 Å². The van der Waals surface area contributed by atoms with Crippen molar-refractivity contribution in [3.63, 3.8) is 0 Å². The fourth-order valence-corrected chi connectivity index (χ4v) is 3.23. The van der Waals surface area contributed by atoms with Crippen LogP contribution >= 0.6 is 0 Å². The molecule has 0 aliphatic carbocycles. The van der Waals surface area contributed by atoms with Crippen LogP contribution in [-0.4, -0.2) is 17.5 Å². The number of ether oxygens (including phenoxy) is 2. The summed E-state index contributed by atoms with van der Waals surface area (Å²) in [6.07, 6.45) is 3.71. The Kier molecular flexibility index (Phi) is 5.45. The third-order valence-electron chi connectivity index (χ3n) is 4.43. The number of hydrogen-bond acceptors (Lipinski definition) is 4. The first-order valence-electron chi connectivity index (χ1n) is 9.16. The monoisotopic (exact) mass is 354 g/mol. The Bertz CT molecular complexity index is 802. The van der Waals surface area contributed by atoms with E-state index in [-0.39, 0.29) is 12.0 Å². The lowest BCUT2D eigenvalue weighted by molar-refractivity contribution is -0.114. The minimum absolute atomic E-state index is 0.144. The zero-order chi connectivity index (χ0) is 18.7. The number of nitrogens with one attached hydrogen (secondary N) is 1. The van der Waals surface area contributed by atoms with Gasteiger partial charge in [0.1, 0.15) is 23.4 Å². The van der Waals surface area contributed by atoms with Crippen molar-refractivity contribution in [2.75, 3.05) is 11.9 Å². The number of rotatable bonds is 6. The van der Waals surface area contributed by atoms with Crippen LogP contribution in [0.3, 0.4) is 0 Å². The fourth-order valence-electron chi connectivity index (χ4n) is 3.23. The number of aromatic nitrogens is 1. The molecule has 1 aromatic heterocycles. The number of carbonyl (C=O) groups is 1. The van der Waals surface area contributed by atoms with Gasteiger partial charge in [-0.25, -0.2) is 4.98 Å². The molecule has 1 atom stereocenters. The first-order chi connectivity index (χ1) is 12.5. The third-order valence-corrected chi connectivity index (χ3v) is 4.43. The molecule has 1 amide bonds. The minimum Gasteiger partial charge on any atom is -0.493 e. The van der Waals surface area contributed by atoms with Crippen LogP contribution in [0, 0.1) is 5.92 Å². The number of carbonyl (C=O) groups excluding carboxylic acids is 1. The Labute approximate surface area is 154 Å². The summed E-state index contributed by atoms with van der Waals surface area (Å²) in [5.41, 5.74) is 2.92. The summed E-state index contributed by atoms with van der Waals surface area (Å²) in [4.78, 5) is 15.8. The van der Waals surface area contributed by atoms with E-state index in [2.05, 4.69) is 24.1 Å². The lowest BCUT2D eigenvalue weighted by Gasteiger charge is -2.28. The van der Waals surface area contributed by atoms with Crippen LogP contribution in [0.5, 0.6) is 11.5 Å². The van der Waals surface area contributed by atoms with Gasteiger partial charge in [0, 0.05) is 30.3 Å². The zero-order valence-corrected chi connectivity index (χ0v) is 15.8. The number of nitrogens with zero attached hydrogens (tertiary/aromatic N) is 1. The van der Waals surface area contributed by atoms with Crippen LogP contribution in [-0.2, 0) is 4.79 Å². The van der Waals surface area contributed by atoms with E-state index >= 15 is 0 Å². The van der Waals surface area contributed by atoms with Crippen molar-refractivity contribution >= 4 is 11.7 Å². The molecule has 26 heavy (non-hydrogen) atoms. The largest absolute Gasteiger partial charge is 0.493 e. The van der Waals surface area contributed by atoms with E-state index in [1.807, 2.05) is 31.2 Å². The Morgan fingerprint density at radius 1 is 1.31 bits per heavy atom. The summed E-state index contributed by atoms with van der Waals surface area (Å²) in [5.74, 6) is 2.72. The van der Waals surface area contributed by atoms with E-state index in [0.717, 1.165) is 41.0 Å². The van der Waals surface area contributed by atoms with Crippen molar-refractivity contribution in [3.05, 3.63) is 36.0 Å². The fraction of sp³-hybridized carbons (Fsp3) is 0.429. The highest BCUT2D eigenvalue weighted by Gasteiger charge is 2.27. The summed E-state index contributed by atoms with van der Waals surface area (Å²) in [5, 5.41) is 2.79. The van der Waals surface area contributed by atoms with Crippen LogP contribution in [0.1, 0.15) is 52.2 Å². The van der Waals surface area contributed by atoms with E-state index in [1.54, 1.807) is 6.20 Å². The van der Waals surface area contributed by atoms with Gasteiger partial charge in [-0.05, 0) is 49.4 Å². The Morgan fingerprint density at radius 2 is 2.12 bits per heavy atom. The predicted octanol–water partition coefficient (Wildman–Crippen LogP) is 4.98. The smallest absolute Gasteiger partial charge is 0.222 e. The van der Waals surface area contributed by atoms with Crippen LogP contribution in [0.4, 0.5) is 5.82 Å². The van der Waals surface area contributed by atoms with Gasteiger partial charge in [-0.1, -0.05) is 13.8 Å². The second-order valence-corrected chi connectivity index (χ2v) is 7.10. The highest BCUT2D eigenvalue weighted by molar-refractivity contribution is 5.91. The van der Waals surface area contributed by atoms with Crippen LogP contribution in [0.15, 0.2) is 30.5 Å². The van der Waals surface area contributed by atoms with Gasteiger partial charge in [0.15, 0.2) is 0 Å². The van der Waals surface area contributed by atoms with Crippen LogP contribution in [0.2, 0.25) is 0 Å². The molecule has 1 aromatic carbocycles. The average Bonchev–Trinajstić information content (AvgIpc) is 2.58. The highest BCUT2D eigenvalue weighted by Crippen LogP contribution is 2.45. The molecule has 2 heterocycles. The average molecular weight is 354 g/mol. The normalized spacial score (nSPS) is 15.0. The van der Waals surface area contributed by atoms with E-state index in [0.29, 0.717) is 18.3 Å². The molecule has 3 rings (SSSR count). The first-order valence-corrected chi connectivity index (χ1v) is 9.16. The second-order valence-electron chi connectivity index (χ2n) is 7.10. The molecule has 0 fully saturated rings. The molecule has 2 aromatic rings. The Balaban J connectivity index is 1.84. The quantitative estimate of drug-likeness (QED) is 0.744. The molecule has 5 nitrogen and oxygen atoms in total. The third kappa shape index (κ3) is 3.98. The predicted molar refractivity (Wildman–Crippen MR) is 103 cm³/mol. The number of hydrogen-bond donors (Lipinski definition) is 1. The van der Waals surface area contributed by atoms with Crippen molar-refractivity contribution in [2.24, 2.45) is 5.92 Å². The first kappa shape index (κ1) is 18.2. The molecule has 0 saturated heterocycles. The van der Waals surface area contributed by atoms with Crippen molar-refractivity contribution in [2.45, 2.75) is 46.6 Å². The van der Waals surface area contributed by atoms with E-state index in [1.165, 1.54) is 6.92 Å². The standard InChI is InChI=1S/C21H26N2O3/c1-13(2)6-5-11-25-16-7-8-17-18-9-10-22-21(23-15(4)24)20(18)14(3)26-19(17)12-16/h7-10,12-14H,5-6,11H2,1-4H3,(H,22,23,24). The van der Waals surface area contributed by atoms with Crippen molar-refractivity contribution in [1.29, 1.82) is 0 Å². The molecule has 1 aliphatic rings. The van der Waals surface area contributed by atoms with Crippen LogP contribution < -0.4 is 14.8 Å². The number of fused-ring (bicyclic) bond motifs is 3. The van der Waals surface area contributed by atoms with Gasteiger partial charge in [0.05, 0.1) is 6.61 Å². The minimum atomic E-state index is -0.204. The molecule has 0 saturated carbocycles. The van der Waals surface area contributed by atoms with Gasteiger partial charge in [0.25, 0.3) is 0 Å². The van der Waals surface area contributed by atoms with Gasteiger partial charge in [-0.15, -0.1) is 0 Å². The van der Waals surface area contributed by atoms with Crippen molar-refractivity contribution < 1.29 is 14.3 Å². The van der Waals surface area contributed by atoms with E-state index < -0.39 is 0 Å². The Hall–Kier alpha value is -2.56. The molecule has 0 radical (unpaired) electrons. The lowest BCUT2D eigenvalue weighted by Crippen LogP contribution is -2.17. The van der Waals surface area contributed by atoms with Gasteiger partial charge in [0.2, 0.25) is 5.91 Å². The van der Waals surface area contributed by atoms with Gasteiger partial charge < -0.3 is 14.8 Å². The summed E-state index contributed by atoms with van der Waals surface area (Å²) in [7, 11) is 0. The molecule has 1 unspecified atom stereocenters. The molecule has 1 aliphatic heterocycles. The molecule has 138 valence electrons. The molecule has 5 heteroatoms. The molecular formula is C21H26N2O3. The number of anilines is 1. The number of benzene rings is 1. The van der Waals surface area contributed by atoms with E-state index in [4.69, 9.17) is 9.47 Å². The maximum absolute atomic E-state index is 11.5. The van der Waals surface area contributed by atoms with Crippen molar-refractivity contribution in [1.82, 2.24) is 4.98 Å². The van der Waals surface area contributed by atoms with Gasteiger partial charge in [-0.3, -0.25) is 4.79 Å². The maximum Gasteiger partial charge on any atom is 0.222 e. The number of pyridine rings is 1. The summed E-state index contributed by atoms with van der Waals surface area (Å²) in [6, 6.07) is 7.88. The molecular weight excluding hydrogens is 328 g/mol. The highest BCUT2D eigenvalue weighted by atomic mass is 16.5. The zero-order valence-electron chi connectivity index (χ0n) is 15.8. The second kappa shape index (κ2) is 7.77. The van der Waals surface area contributed by atoms with E-state index in [9.17, 15) is 4.79 Å². The molecule has 1 N–H and O–H groups in total. The SMILES string of the molecule is CC(=O)Nc1nccc2c1C(C)Oc1cc(OCCCC(C)C)ccc1-2. The lowest BCUT2D eigenvalue weighted by atomic mass is 9.94.